The van der Waals surface area contributed by atoms with E-state index in [1.54, 1.807) is 18.2 Å². The van der Waals surface area contributed by atoms with Crippen molar-refractivity contribution >= 4 is 23.6 Å². The molecule has 0 unspecified atom stereocenters. The molecule has 0 aliphatic rings. The van der Waals surface area contributed by atoms with Crippen LogP contribution in [0, 0.1) is 17.0 Å². The van der Waals surface area contributed by atoms with Crippen LogP contribution in [0.25, 0.3) is 0 Å². The molecule has 0 fully saturated rings. The normalized spacial score (nSPS) is 10.7. The Morgan fingerprint density at radius 3 is 2.34 bits per heavy atom. The van der Waals surface area contributed by atoms with Crippen LogP contribution in [0.1, 0.15) is 21.5 Å². The van der Waals surface area contributed by atoms with E-state index in [2.05, 4.69) is 4.99 Å². The third-order valence-electron chi connectivity index (χ3n) is 4.10. The first-order chi connectivity index (χ1) is 14.0. The summed E-state index contributed by atoms with van der Waals surface area (Å²) in [6.45, 7) is 1.98. The maximum Gasteiger partial charge on any atom is 0.343 e. The van der Waals surface area contributed by atoms with E-state index in [1.165, 1.54) is 37.6 Å². The third kappa shape index (κ3) is 5.04. The highest BCUT2D eigenvalue weighted by Crippen LogP contribution is 2.29. The number of hydrogen-bond donors (Lipinski definition) is 0. The van der Waals surface area contributed by atoms with Crippen LogP contribution in [0.4, 0.5) is 11.4 Å². The topological polar surface area (TPSA) is 91.0 Å². The van der Waals surface area contributed by atoms with Crippen molar-refractivity contribution in [2.24, 2.45) is 4.99 Å². The number of carbonyl (C=O) groups excluding carboxylic acids is 1. The van der Waals surface area contributed by atoms with Gasteiger partial charge in [-0.2, -0.15) is 0 Å². The average Bonchev–Trinajstić information content (AvgIpc) is 2.74. The van der Waals surface area contributed by atoms with E-state index in [0.29, 0.717) is 11.3 Å². The molecule has 0 saturated heterocycles. The predicted molar refractivity (Wildman–Crippen MR) is 109 cm³/mol. The van der Waals surface area contributed by atoms with E-state index in [4.69, 9.17) is 9.47 Å². The van der Waals surface area contributed by atoms with Gasteiger partial charge in [0.1, 0.15) is 5.75 Å². The highest BCUT2D eigenvalue weighted by Gasteiger charge is 2.19. The minimum atomic E-state index is -0.697. The van der Waals surface area contributed by atoms with Gasteiger partial charge < -0.3 is 9.47 Å². The van der Waals surface area contributed by atoms with Crippen molar-refractivity contribution in [1.29, 1.82) is 0 Å². The Labute approximate surface area is 167 Å². The molecule has 29 heavy (non-hydrogen) atoms. The van der Waals surface area contributed by atoms with Gasteiger partial charge in [0.15, 0.2) is 0 Å². The van der Waals surface area contributed by atoms with Gasteiger partial charge in [0, 0.05) is 12.3 Å². The molecule has 0 aliphatic carbocycles. The van der Waals surface area contributed by atoms with Crippen LogP contribution in [0.5, 0.6) is 11.5 Å². The van der Waals surface area contributed by atoms with Crippen molar-refractivity contribution in [2.45, 2.75) is 6.92 Å². The Balaban J connectivity index is 1.81. The molecule has 0 N–H and O–H groups in total. The molecule has 3 rings (SSSR count). The first-order valence-electron chi connectivity index (χ1n) is 8.71. The second-order valence-corrected chi connectivity index (χ2v) is 6.20. The van der Waals surface area contributed by atoms with Crippen molar-refractivity contribution in [1.82, 2.24) is 0 Å². The van der Waals surface area contributed by atoms with Gasteiger partial charge in [-0.3, -0.25) is 15.1 Å². The van der Waals surface area contributed by atoms with Gasteiger partial charge in [-0.25, -0.2) is 4.79 Å². The van der Waals surface area contributed by atoms with Crippen LogP contribution < -0.4 is 9.47 Å². The quantitative estimate of drug-likeness (QED) is 0.197. The van der Waals surface area contributed by atoms with Crippen LogP contribution in [0.2, 0.25) is 0 Å². The van der Waals surface area contributed by atoms with Gasteiger partial charge in [-0.1, -0.05) is 17.7 Å². The lowest BCUT2D eigenvalue weighted by Crippen LogP contribution is -2.10. The molecule has 3 aromatic rings. The number of methoxy groups -OCH3 is 1. The molecule has 0 aliphatic heterocycles. The Morgan fingerprint density at radius 2 is 1.72 bits per heavy atom. The molecule has 0 aromatic heterocycles. The van der Waals surface area contributed by atoms with Gasteiger partial charge in [-0.15, -0.1) is 0 Å². The number of ether oxygens (including phenoxy) is 2. The molecule has 0 amide bonds. The van der Waals surface area contributed by atoms with E-state index < -0.39 is 10.9 Å². The second-order valence-electron chi connectivity index (χ2n) is 6.20. The van der Waals surface area contributed by atoms with Gasteiger partial charge in [-0.05, 0) is 61.0 Å². The molecule has 7 heteroatoms. The number of hydrogen-bond acceptors (Lipinski definition) is 6. The summed E-state index contributed by atoms with van der Waals surface area (Å²) in [7, 11) is 1.51. The Hall–Kier alpha value is -4.00. The fourth-order valence-corrected chi connectivity index (χ4v) is 2.51. The zero-order valence-electron chi connectivity index (χ0n) is 15.9. The minimum Gasteiger partial charge on any atom is -0.497 e. The Bertz CT molecular complexity index is 1060. The molecule has 0 heterocycles. The maximum atomic E-state index is 12.3. The second kappa shape index (κ2) is 8.79. The third-order valence-corrected chi connectivity index (χ3v) is 4.10. The number of esters is 1. The molecule has 0 spiro atoms. The Kier molecular flexibility index (Phi) is 5.99. The number of rotatable bonds is 6. The highest BCUT2D eigenvalue weighted by atomic mass is 16.6. The number of aryl methyl sites for hydroxylation is 1. The average molecular weight is 390 g/mol. The lowest BCUT2D eigenvalue weighted by atomic mass is 10.2. The molecular formula is C22H18N2O5. The van der Waals surface area contributed by atoms with Crippen LogP contribution >= 0.6 is 0 Å². The smallest absolute Gasteiger partial charge is 0.343 e. The summed E-state index contributed by atoms with van der Waals surface area (Å²) >= 11 is 0. The fourth-order valence-electron chi connectivity index (χ4n) is 2.51. The summed E-state index contributed by atoms with van der Waals surface area (Å²) < 4.78 is 10.3. The fraction of sp³-hybridized carbons (Fsp3) is 0.0909. The maximum absolute atomic E-state index is 12.3. The number of nitrogens with zero attached hydrogens (tertiary/aromatic N) is 2. The number of nitro groups is 1. The molecule has 0 atom stereocenters. The highest BCUT2D eigenvalue weighted by molar-refractivity contribution is 5.92. The molecule has 146 valence electrons. The summed E-state index contributed by atoms with van der Waals surface area (Å²) in [5, 5.41) is 11.4. The minimum absolute atomic E-state index is 0.136. The first kappa shape index (κ1) is 19.8. The number of carbonyl (C=O) groups is 1. The van der Waals surface area contributed by atoms with E-state index in [9.17, 15) is 14.9 Å². The molecular weight excluding hydrogens is 372 g/mol. The van der Waals surface area contributed by atoms with Crippen molar-refractivity contribution in [3.05, 3.63) is 93.5 Å². The van der Waals surface area contributed by atoms with Crippen molar-refractivity contribution in [2.75, 3.05) is 7.11 Å². The summed E-state index contributed by atoms with van der Waals surface area (Å²) in [5.74, 6) is -0.245. The summed E-state index contributed by atoms with van der Waals surface area (Å²) in [4.78, 5) is 27.4. The van der Waals surface area contributed by atoms with Crippen molar-refractivity contribution < 1.29 is 19.2 Å². The number of aliphatic imine (C=N–C) groups is 1. The summed E-state index contributed by atoms with van der Waals surface area (Å²) in [6.07, 6.45) is 1.52. The molecule has 3 aromatic carbocycles. The zero-order valence-corrected chi connectivity index (χ0v) is 15.9. The van der Waals surface area contributed by atoms with Gasteiger partial charge in [0.25, 0.3) is 0 Å². The summed E-state index contributed by atoms with van der Waals surface area (Å²) in [5.41, 5.74) is 2.29. The molecule has 0 saturated carbocycles. The molecule has 7 nitrogen and oxygen atoms in total. The van der Waals surface area contributed by atoms with Crippen LogP contribution in [-0.4, -0.2) is 24.2 Å². The van der Waals surface area contributed by atoms with Gasteiger partial charge in [0.05, 0.1) is 23.3 Å². The molecule has 0 radical (unpaired) electrons. The number of benzene rings is 3. The van der Waals surface area contributed by atoms with Gasteiger partial charge in [0.2, 0.25) is 5.75 Å². The lowest BCUT2D eigenvalue weighted by Gasteiger charge is -2.06. The first-order valence-corrected chi connectivity index (χ1v) is 8.71. The number of nitro benzene ring substituents is 1. The van der Waals surface area contributed by atoms with Crippen LogP contribution in [0.3, 0.4) is 0 Å². The van der Waals surface area contributed by atoms with E-state index >= 15 is 0 Å². The molecule has 0 bridgehead atoms. The standard InChI is InChI=1S/C22H18N2O5/c1-15-3-8-18(9-4-15)23-14-16-5-12-21(20(13-16)24(26)27)29-22(25)17-6-10-19(28-2)11-7-17/h3-14H,1-2H3. The zero-order chi connectivity index (χ0) is 20.8. The predicted octanol–water partition coefficient (Wildman–Crippen LogP) is 4.88. The van der Waals surface area contributed by atoms with E-state index in [1.807, 2.05) is 31.2 Å². The largest absolute Gasteiger partial charge is 0.497 e. The lowest BCUT2D eigenvalue weighted by molar-refractivity contribution is -0.385. The van der Waals surface area contributed by atoms with E-state index in [-0.39, 0.29) is 17.0 Å². The van der Waals surface area contributed by atoms with E-state index in [0.717, 1.165) is 11.3 Å². The van der Waals surface area contributed by atoms with Gasteiger partial charge >= 0.3 is 11.7 Å². The monoisotopic (exact) mass is 390 g/mol. The van der Waals surface area contributed by atoms with Crippen molar-refractivity contribution in [3.8, 4) is 11.5 Å². The SMILES string of the molecule is COc1ccc(C(=O)Oc2ccc(C=Nc3ccc(C)cc3)cc2[N+](=O)[O-])cc1. The van der Waals surface area contributed by atoms with Crippen LogP contribution in [0.15, 0.2) is 71.7 Å². The van der Waals surface area contributed by atoms with Crippen molar-refractivity contribution in [3.63, 3.8) is 0 Å². The van der Waals surface area contributed by atoms with Crippen LogP contribution in [-0.2, 0) is 0 Å². The summed E-state index contributed by atoms with van der Waals surface area (Å²) in [6, 6.07) is 18.1. The Morgan fingerprint density at radius 1 is 1.03 bits per heavy atom.